The number of hydrogen-bond donors (Lipinski definition) is 1. The van der Waals surface area contributed by atoms with Gasteiger partial charge in [-0.2, -0.15) is 0 Å². The summed E-state index contributed by atoms with van der Waals surface area (Å²) in [5.74, 6) is -0.865. The van der Waals surface area contributed by atoms with Crippen LogP contribution in [0.15, 0.2) is 12.1 Å². The number of nitrogens with one attached hydrogen (secondary N) is 1. The van der Waals surface area contributed by atoms with Gasteiger partial charge in [-0.05, 0) is 37.5 Å². The monoisotopic (exact) mass is 298 g/mol. The Balaban J connectivity index is 2.01. The predicted octanol–water partition coefficient (Wildman–Crippen LogP) is 2.46. The molecule has 2 amide bonds. The van der Waals surface area contributed by atoms with Gasteiger partial charge < -0.3 is 15.0 Å². The molecule has 0 saturated heterocycles. The average Bonchev–Trinajstić information content (AvgIpc) is 2.48. The minimum atomic E-state index is -0.462. The Bertz CT molecular complexity index is 523. The van der Waals surface area contributed by atoms with Crippen LogP contribution in [0.3, 0.4) is 0 Å². The molecule has 0 aliphatic carbocycles. The Morgan fingerprint density at radius 2 is 2.05 bits per heavy atom. The van der Waals surface area contributed by atoms with Gasteiger partial charge in [0.1, 0.15) is 11.6 Å². The van der Waals surface area contributed by atoms with E-state index in [1.807, 2.05) is 6.92 Å². The Morgan fingerprint density at radius 1 is 1.38 bits per heavy atom. The molecule has 0 fully saturated rings. The van der Waals surface area contributed by atoms with E-state index < -0.39 is 11.6 Å². The Hall–Kier alpha value is -1.69. The van der Waals surface area contributed by atoms with Crippen LogP contribution < -0.4 is 5.32 Å². The lowest BCUT2D eigenvalue weighted by molar-refractivity contribution is 0.171. The smallest absolute Gasteiger partial charge is 0.317 e. The molecule has 0 bridgehead atoms. The van der Waals surface area contributed by atoms with E-state index in [-0.39, 0.29) is 24.2 Å². The standard InChI is InChI=1S/C15H20F2N2O2/c1-10(6-8-21-2)18-15(20)19-7-5-11-12(9-19)14(17)4-3-13(11)16/h3-4,10H,5-9H2,1-2H3,(H,18,20)/t10-/m0/s1. The zero-order valence-electron chi connectivity index (χ0n) is 12.3. The van der Waals surface area contributed by atoms with Crippen molar-refractivity contribution in [1.29, 1.82) is 0 Å². The molecule has 0 aromatic heterocycles. The van der Waals surface area contributed by atoms with Crippen LogP contribution in [0.2, 0.25) is 0 Å². The maximum atomic E-state index is 13.8. The summed E-state index contributed by atoms with van der Waals surface area (Å²) in [6.07, 6.45) is 1.04. The van der Waals surface area contributed by atoms with E-state index in [1.54, 1.807) is 7.11 Å². The zero-order valence-corrected chi connectivity index (χ0v) is 12.3. The van der Waals surface area contributed by atoms with Crippen molar-refractivity contribution >= 4 is 6.03 Å². The largest absolute Gasteiger partial charge is 0.385 e. The van der Waals surface area contributed by atoms with E-state index in [1.165, 1.54) is 4.90 Å². The van der Waals surface area contributed by atoms with Crippen LogP contribution in [0.4, 0.5) is 13.6 Å². The van der Waals surface area contributed by atoms with E-state index in [9.17, 15) is 13.6 Å². The molecule has 0 saturated carbocycles. The third-order valence-corrected chi connectivity index (χ3v) is 3.71. The number of fused-ring (bicyclic) bond motifs is 1. The molecule has 116 valence electrons. The lowest BCUT2D eigenvalue weighted by Crippen LogP contribution is -2.46. The van der Waals surface area contributed by atoms with Gasteiger partial charge in [0.2, 0.25) is 0 Å². The number of amides is 2. The van der Waals surface area contributed by atoms with E-state index in [0.29, 0.717) is 31.6 Å². The zero-order chi connectivity index (χ0) is 15.4. The van der Waals surface area contributed by atoms with Crippen LogP contribution in [0.1, 0.15) is 24.5 Å². The quantitative estimate of drug-likeness (QED) is 0.927. The van der Waals surface area contributed by atoms with E-state index in [2.05, 4.69) is 5.32 Å². The van der Waals surface area contributed by atoms with Crippen LogP contribution in [0.5, 0.6) is 0 Å². The number of ether oxygens (including phenoxy) is 1. The number of carbonyl (C=O) groups excluding carboxylic acids is 1. The Kier molecular flexibility index (Phi) is 5.12. The van der Waals surface area contributed by atoms with E-state index >= 15 is 0 Å². The van der Waals surface area contributed by atoms with E-state index in [0.717, 1.165) is 12.1 Å². The van der Waals surface area contributed by atoms with Crippen LogP contribution >= 0.6 is 0 Å². The van der Waals surface area contributed by atoms with Crippen molar-refractivity contribution in [1.82, 2.24) is 10.2 Å². The summed E-state index contributed by atoms with van der Waals surface area (Å²) in [6.45, 7) is 2.93. The first-order valence-electron chi connectivity index (χ1n) is 7.03. The predicted molar refractivity (Wildman–Crippen MR) is 75.0 cm³/mol. The molecule has 1 heterocycles. The van der Waals surface area contributed by atoms with Crippen molar-refractivity contribution in [2.45, 2.75) is 32.4 Å². The Labute approximate surface area is 123 Å². The summed E-state index contributed by atoms with van der Waals surface area (Å²) in [4.78, 5) is 13.6. The highest BCUT2D eigenvalue weighted by molar-refractivity contribution is 5.74. The summed E-state index contributed by atoms with van der Waals surface area (Å²) >= 11 is 0. The molecule has 6 heteroatoms. The normalized spacial score (nSPS) is 15.5. The molecule has 1 aliphatic heterocycles. The molecule has 1 aliphatic rings. The summed E-state index contributed by atoms with van der Waals surface area (Å²) in [5.41, 5.74) is 0.660. The van der Waals surface area contributed by atoms with Gasteiger partial charge in [0.05, 0.1) is 6.54 Å². The van der Waals surface area contributed by atoms with Crippen molar-refractivity contribution < 1.29 is 18.3 Å². The third-order valence-electron chi connectivity index (χ3n) is 3.71. The van der Waals surface area contributed by atoms with Crippen molar-refractivity contribution in [3.63, 3.8) is 0 Å². The number of urea groups is 1. The second-order valence-corrected chi connectivity index (χ2v) is 5.29. The number of nitrogens with zero attached hydrogens (tertiary/aromatic N) is 1. The molecule has 1 aromatic carbocycles. The van der Waals surface area contributed by atoms with Gasteiger partial charge in [-0.15, -0.1) is 0 Å². The molecule has 1 N–H and O–H groups in total. The highest BCUT2D eigenvalue weighted by Gasteiger charge is 2.25. The first-order chi connectivity index (χ1) is 10.0. The highest BCUT2D eigenvalue weighted by atomic mass is 19.1. The van der Waals surface area contributed by atoms with Crippen LogP contribution in [0.25, 0.3) is 0 Å². The number of carbonyl (C=O) groups is 1. The first-order valence-corrected chi connectivity index (χ1v) is 7.03. The number of hydrogen-bond acceptors (Lipinski definition) is 2. The van der Waals surface area contributed by atoms with Crippen molar-refractivity contribution in [3.05, 3.63) is 34.9 Å². The van der Waals surface area contributed by atoms with Gasteiger partial charge in [0.25, 0.3) is 0 Å². The van der Waals surface area contributed by atoms with Gasteiger partial charge in [-0.3, -0.25) is 0 Å². The van der Waals surface area contributed by atoms with E-state index in [4.69, 9.17) is 4.74 Å². The molecular weight excluding hydrogens is 278 g/mol. The third kappa shape index (κ3) is 3.69. The fourth-order valence-corrected chi connectivity index (χ4v) is 2.44. The van der Waals surface area contributed by atoms with Gasteiger partial charge in [0, 0.05) is 31.9 Å². The number of benzene rings is 1. The summed E-state index contributed by atoms with van der Waals surface area (Å²) in [6, 6.07) is 1.96. The van der Waals surface area contributed by atoms with Gasteiger partial charge >= 0.3 is 6.03 Å². The molecule has 0 unspecified atom stereocenters. The minimum Gasteiger partial charge on any atom is -0.385 e. The SMILES string of the molecule is COCC[C@H](C)NC(=O)N1CCc2c(F)ccc(F)c2C1. The first kappa shape index (κ1) is 15.7. The van der Waals surface area contributed by atoms with Gasteiger partial charge in [-0.1, -0.05) is 0 Å². The number of halogens is 2. The minimum absolute atomic E-state index is 0.0313. The van der Waals surface area contributed by atoms with Crippen LogP contribution in [0, 0.1) is 11.6 Å². The molecule has 1 aromatic rings. The molecule has 0 spiro atoms. The summed E-state index contributed by atoms with van der Waals surface area (Å²) < 4.78 is 32.4. The van der Waals surface area contributed by atoms with Gasteiger partial charge in [-0.25, -0.2) is 13.6 Å². The second kappa shape index (κ2) is 6.85. The molecule has 0 radical (unpaired) electrons. The maximum absolute atomic E-state index is 13.8. The molecule has 21 heavy (non-hydrogen) atoms. The van der Waals surface area contributed by atoms with Crippen molar-refractivity contribution in [2.75, 3.05) is 20.3 Å². The summed E-state index contributed by atoms with van der Waals surface area (Å²) in [7, 11) is 1.60. The molecular formula is C15H20F2N2O2. The average molecular weight is 298 g/mol. The highest BCUT2D eigenvalue weighted by Crippen LogP contribution is 2.24. The second-order valence-electron chi connectivity index (χ2n) is 5.29. The lowest BCUT2D eigenvalue weighted by atomic mass is 9.99. The molecule has 1 atom stereocenters. The fraction of sp³-hybridized carbons (Fsp3) is 0.533. The van der Waals surface area contributed by atoms with Crippen molar-refractivity contribution in [3.8, 4) is 0 Å². The van der Waals surface area contributed by atoms with Crippen LogP contribution in [-0.4, -0.2) is 37.2 Å². The lowest BCUT2D eigenvalue weighted by Gasteiger charge is -2.30. The molecule has 4 nitrogen and oxygen atoms in total. The topological polar surface area (TPSA) is 41.6 Å². The molecule has 2 rings (SSSR count). The fourth-order valence-electron chi connectivity index (χ4n) is 2.44. The summed E-state index contributed by atoms with van der Waals surface area (Å²) in [5, 5.41) is 2.84. The van der Waals surface area contributed by atoms with Crippen molar-refractivity contribution in [2.24, 2.45) is 0 Å². The maximum Gasteiger partial charge on any atom is 0.317 e. The Morgan fingerprint density at radius 3 is 2.71 bits per heavy atom. The van der Waals surface area contributed by atoms with Gasteiger partial charge in [0.15, 0.2) is 0 Å². The number of rotatable bonds is 4. The number of methoxy groups -OCH3 is 1. The van der Waals surface area contributed by atoms with Crippen LogP contribution in [-0.2, 0) is 17.7 Å².